The van der Waals surface area contributed by atoms with E-state index in [1.807, 2.05) is 0 Å². The number of furan rings is 1. The molecule has 1 fully saturated rings. The summed E-state index contributed by atoms with van der Waals surface area (Å²) in [6, 6.07) is 75.3. The van der Waals surface area contributed by atoms with Crippen LogP contribution in [-0.2, 0) is 0 Å². The van der Waals surface area contributed by atoms with Gasteiger partial charge in [-0.2, -0.15) is 0 Å². The van der Waals surface area contributed by atoms with Crippen LogP contribution in [0.2, 0.25) is 0 Å². The van der Waals surface area contributed by atoms with Crippen molar-refractivity contribution in [1.29, 1.82) is 0 Å². The van der Waals surface area contributed by atoms with Crippen molar-refractivity contribution in [3.05, 3.63) is 212 Å². The van der Waals surface area contributed by atoms with E-state index in [0.717, 1.165) is 66.9 Å². The van der Waals surface area contributed by atoms with E-state index in [2.05, 4.69) is 220 Å². The van der Waals surface area contributed by atoms with Crippen LogP contribution in [0.15, 0.2) is 211 Å². The molecular weight excluding hydrogens is 767 g/mol. The Kier molecular flexibility index (Phi) is 8.20. The fourth-order valence-corrected chi connectivity index (χ4v) is 10.9. The topological polar surface area (TPSA) is 26.2 Å². The molecule has 0 saturated heterocycles. The lowest BCUT2D eigenvalue weighted by Crippen LogP contribution is -2.11. The lowest BCUT2D eigenvalue weighted by atomic mass is 9.92. The van der Waals surface area contributed by atoms with Gasteiger partial charge in [-0.1, -0.05) is 146 Å². The number of fused-ring (bicyclic) bond motifs is 10. The monoisotopic (exact) mass is 809 g/mol. The molecule has 4 heteroatoms. The molecule has 3 heterocycles. The third kappa shape index (κ3) is 5.61. The molecule has 0 atom stereocenters. The molecule has 13 rings (SSSR count). The summed E-state index contributed by atoms with van der Waals surface area (Å²) >= 11 is 0. The van der Waals surface area contributed by atoms with Crippen LogP contribution in [0.4, 0.5) is 17.1 Å². The fraction of sp³-hybridized carbons (Fsp3) is 0.0847. The summed E-state index contributed by atoms with van der Waals surface area (Å²) in [6.07, 6.45) is 4.95. The van der Waals surface area contributed by atoms with Crippen molar-refractivity contribution in [2.24, 2.45) is 0 Å². The summed E-state index contributed by atoms with van der Waals surface area (Å²) in [6.45, 7) is 0. The Bertz CT molecular complexity index is 3680. The highest BCUT2D eigenvalue weighted by atomic mass is 16.3. The van der Waals surface area contributed by atoms with E-state index in [1.165, 1.54) is 69.4 Å². The van der Waals surface area contributed by atoms with Crippen molar-refractivity contribution in [3.8, 4) is 22.5 Å². The highest BCUT2D eigenvalue weighted by Crippen LogP contribution is 2.51. The Balaban J connectivity index is 1.20. The van der Waals surface area contributed by atoms with Crippen LogP contribution in [0.1, 0.15) is 37.2 Å². The molecule has 0 spiro atoms. The van der Waals surface area contributed by atoms with Crippen molar-refractivity contribution in [2.45, 2.75) is 31.6 Å². The predicted molar refractivity (Wildman–Crippen MR) is 264 cm³/mol. The summed E-state index contributed by atoms with van der Waals surface area (Å²) in [5.41, 5.74) is 15.7. The van der Waals surface area contributed by atoms with Gasteiger partial charge in [-0.3, -0.25) is 0 Å². The minimum atomic E-state index is 0.509. The molecule has 300 valence electrons. The van der Waals surface area contributed by atoms with Crippen molar-refractivity contribution in [3.63, 3.8) is 0 Å². The van der Waals surface area contributed by atoms with Gasteiger partial charge >= 0.3 is 0 Å². The van der Waals surface area contributed by atoms with E-state index in [0.29, 0.717) is 5.92 Å². The van der Waals surface area contributed by atoms with Gasteiger partial charge in [0.25, 0.3) is 0 Å². The van der Waals surface area contributed by atoms with Gasteiger partial charge in [-0.15, -0.1) is 0 Å². The van der Waals surface area contributed by atoms with E-state index >= 15 is 0 Å². The van der Waals surface area contributed by atoms with E-state index in [4.69, 9.17) is 4.42 Å². The number of anilines is 3. The van der Waals surface area contributed by atoms with Gasteiger partial charge < -0.3 is 18.5 Å². The first-order chi connectivity index (χ1) is 31.3. The highest BCUT2D eigenvalue weighted by Gasteiger charge is 2.29. The quantitative estimate of drug-likeness (QED) is 0.160. The van der Waals surface area contributed by atoms with Gasteiger partial charge in [0.1, 0.15) is 5.58 Å². The second-order valence-electron chi connectivity index (χ2n) is 17.1. The van der Waals surface area contributed by atoms with Gasteiger partial charge in [0, 0.05) is 55.1 Å². The third-order valence-electron chi connectivity index (χ3n) is 13.6. The lowest BCUT2D eigenvalue weighted by molar-refractivity contribution is 0.669. The molecule has 0 aliphatic heterocycles. The van der Waals surface area contributed by atoms with Gasteiger partial charge in [0.15, 0.2) is 5.58 Å². The Labute approximate surface area is 365 Å². The van der Waals surface area contributed by atoms with Crippen molar-refractivity contribution in [1.82, 2.24) is 9.13 Å². The Hall–Kier alpha value is -7.82. The predicted octanol–water partition coefficient (Wildman–Crippen LogP) is 16.6. The van der Waals surface area contributed by atoms with E-state index in [1.54, 1.807) is 0 Å². The smallest absolute Gasteiger partial charge is 0.160 e. The third-order valence-corrected chi connectivity index (χ3v) is 13.6. The molecule has 1 aliphatic carbocycles. The molecule has 0 amide bonds. The van der Waals surface area contributed by atoms with Crippen LogP contribution < -0.4 is 4.90 Å². The second-order valence-corrected chi connectivity index (χ2v) is 17.1. The van der Waals surface area contributed by atoms with Gasteiger partial charge in [-0.05, 0) is 108 Å². The Morgan fingerprint density at radius 2 is 1.03 bits per heavy atom. The highest BCUT2D eigenvalue weighted by molar-refractivity contribution is 6.27. The zero-order valence-corrected chi connectivity index (χ0v) is 34.8. The second kappa shape index (κ2) is 14.4. The van der Waals surface area contributed by atoms with E-state index in [9.17, 15) is 0 Å². The van der Waals surface area contributed by atoms with E-state index in [-0.39, 0.29) is 0 Å². The SMILES string of the molecule is c1ccc(-c2cccc(N(c3ccc4c5ccccc5n(-c5ccccc5)c4c3)c3cc4c(oc5cccc(C6CCCC6)c54)c4c3c3ccccc3n4-c3ccccc3)c2)cc1. The zero-order valence-electron chi connectivity index (χ0n) is 34.8. The summed E-state index contributed by atoms with van der Waals surface area (Å²) in [5, 5.41) is 7.17. The first-order valence-electron chi connectivity index (χ1n) is 22.3. The Morgan fingerprint density at radius 1 is 0.429 bits per heavy atom. The van der Waals surface area contributed by atoms with Crippen molar-refractivity contribution in [2.75, 3.05) is 4.90 Å². The minimum absolute atomic E-state index is 0.509. The zero-order chi connectivity index (χ0) is 41.4. The number of hydrogen-bond acceptors (Lipinski definition) is 2. The number of hydrogen-bond donors (Lipinski definition) is 0. The van der Waals surface area contributed by atoms with Gasteiger partial charge in [0.05, 0.1) is 27.8 Å². The Morgan fingerprint density at radius 3 is 1.79 bits per heavy atom. The van der Waals surface area contributed by atoms with Crippen LogP contribution in [0.5, 0.6) is 0 Å². The largest absolute Gasteiger partial charge is 0.454 e. The van der Waals surface area contributed by atoms with Crippen LogP contribution >= 0.6 is 0 Å². The molecule has 0 unspecified atom stereocenters. The maximum Gasteiger partial charge on any atom is 0.160 e. The summed E-state index contributed by atoms with van der Waals surface area (Å²) in [7, 11) is 0. The van der Waals surface area contributed by atoms with Gasteiger partial charge in [0.2, 0.25) is 0 Å². The summed E-state index contributed by atoms with van der Waals surface area (Å²) in [4.78, 5) is 2.51. The number of benzene rings is 9. The molecule has 0 N–H and O–H groups in total. The first kappa shape index (κ1) is 35.9. The number of aromatic nitrogens is 2. The van der Waals surface area contributed by atoms with E-state index < -0.39 is 0 Å². The molecule has 12 aromatic rings. The molecule has 4 nitrogen and oxygen atoms in total. The first-order valence-corrected chi connectivity index (χ1v) is 22.3. The lowest BCUT2D eigenvalue weighted by Gasteiger charge is -2.27. The average molecular weight is 810 g/mol. The van der Waals surface area contributed by atoms with Crippen LogP contribution in [-0.4, -0.2) is 9.13 Å². The standard InChI is InChI=1S/C59H43N3O/c1-4-18-39(19-5-1)41-22-16-27-44(36-41)60(45-34-35-48-47-28-12-14-31-51(47)61(53(48)37-45)42-23-6-2-7-24-42)54-38-50-56-46(40-20-10-11-21-40)30-17-33-55(56)63-59(50)58-57(54)49-29-13-15-32-52(49)62(58)43-25-8-3-9-26-43/h1-9,12-19,22-38,40H,10-11,20-21H2. The summed E-state index contributed by atoms with van der Waals surface area (Å²) < 4.78 is 12.0. The molecule has 1 saturated carbocycles. The van der Waals surface area contributed by atoms with Crippen molar-refractivity contribution >= 4 is 82.6 Å². The molecule has 1 aliphatic rings. The fourth-order valence-electron chi connectivity index (χ4n) is 10.9. The molecular formula is C59H43N3O. The normalized spacial score (nSPS) is 13.4. The van der Waals surface area contributed by atoms with Crippen LogP contribution in [0, 0.1) is 0 Å². The van der Waals surface area contributed by atoms with Crippen LogP contribution in [0.3, 0.4) is 0 Å². The molecule has 63 heavy (non-hydrogen) atoms. The van der Waals surface area contributed by atoms with Gasteiger partial charge in [-0.25, -0.2) is 0 Å². The number of nitrogens with zero attached hydrogens (tertiary/aromatic N) is 3. The molecule has 0 bridgehead atoms. The minimum Gasteiger partial charge on any atom is -0.454 e. The van der Waals surface area contributed by atoms with Crippen molar-refractivity contribution < 1.29 is 4.42 Å². The number of rotatable bonds is 7. The molecule has 3 aromatic heterocycles. The average Bonchev–Trinajstić information content (AvgIpc) is 4.16. The maximum absolute atomic E-state index is 7.19. The maximum atomic E-state index is 7.19. The number of para-hydroxylation sites is 4. The van der Waals surface area contributed by atoms with Crippen LogP contribution in [0.25, 0.3) is 88.1 Å². The summed E-state index contributed by atoms with van der Waals surface area (Å²) in [5.74, 6) is 0.509. The molecule has 0 radical (unpaired) electrons. The molecule has 9 aromatic carbocycles.